The van der Waals surface area contributed by atoms with E-state index in [0.717, 1.165) is 29.7 Å². The lowest BCUT2D eigenvalue weighted by atomic mass is 9.86. The molecule has 7 nitrogen and oxygen atoms in total. The molecule has 0 unspecified atom stereocenters. The Morgan fingerprint density at radius 2 is 1.93 bits per heavy atom. The Morgan fingerprint density at radius 1 is 1.23 bits per heavy atom. The molecule has 0 aliphatic heterocycles. The molecule has 1 aliphatic rings. The molecule has 0 heterocycles. The van der Waals surface area contributed by atoms with Crippen LogP contribution < -0.4 is 20.1 Å². The second-order valence-corrected chi connectivity index (χ2v) is 10.6. The van der Waals surface area contributed by atoms with Crippen molar-refractivity contribution in [3.8, 4) is 5.75 Å². The van der Waals surface area contributed by atoms with Crippen LogP contribution in [0.3, 0.4) is 0 Å². The van der Waals surface area contributed by atoms with Crippen LogP contribution in [0, 0.1) is 12.8 Å². The lowest BCUT2D eigenvalue weighted by molar-refractivity contribution is 0.129. The lowest BCUT2D eigenvalue weighted by Crippen LogP contribution is -2.41. The maximum Gasteiger partial charge on any atom is 0.213 e. The van der Waals surface area contributed by atoms with Crippen LogP contribution in [-0.4, -0.2) is 45.9 Å². The second-order valence-electron chi connectivity index (χ2n) is 8.64. The minimum absolute atomic E-state index is 0. The zero-order valence-corrected chi connectivity index (χ0v) is 21.9. The first-order valence-electron chi connectivity index (χ1n) is 10.3. The summed E-state index contributed by atoms with van der Waals surface area (Å²) in [4.78, 5) is 4.18. The number of aryl methyl sites for hydroxylation is 1. The molecule has 0 radical (unpaired) electrons. The SMILES string of the molecule is CN=C(NCCS(=O)(=O)NCC1CCC1)NCc1ccc(C)cc1OC(C)(C)C.I. The second kappa shape index (κ2) is 12.1. The highest BCUT2D eigenvalue weighted by molar-refractivity contribution is 14.0. The summed E-state index contributed by atoms with van der Waals surface area (Å²) < 4.78 is 33.0. The third-order valence-corrected chi connectivity index (χ3v) is 6.14. The van der Waals surface area contributed by atoms with Gasteiger partial charge in [0.15, 0.2) is 5.96 Å². The fourth-order valence-corrected chi connectivity index (χ4v) is 3.95. The molecule has 2 rings (SSSR count). The minimum atomic E-state index is -3.27. The quantitative estimate of drug-likeness (QED) is 0.249. The van der Waals surface area contributed by atoms with Gasteiger partial charge in [0.1, 0.15) is 11.4 Å². The molecule has 0 bridgehead atoms. The zero-order chi connectivity index (χ0) is 21.5. The molecule has 0 atom stereocenters. The summed E-state index contributed by atoms with van der Waals surface area (Å²) in [6.45, 7) is 9.47. The van der Waals surface area contributed by atoms with Gasteiger partial charge in [0.05, 0.1) is 5.75 Å². The smallest absolute Gasteiger partial charge is 0.213 e. The summed E-state index contributed by atoms with van der Waals surface area (Å²) in [5.41, 5.74) is 1.86. The number of halogens is 1. The van der Waals surface area contributed by atoms with Crippen molar-refractivity contribution in [1.29, 1.82) is 0 Å². The molecule has 172 valence electrons. The number of hydrogen-bond donors (Lipinski definition) is 3. The number of nitrogens with one attached hydrogen (secondary N) is 3. The Kier molecular flexibility index (Phi) is 10.9. The third-order valence-electron chi connectivity index (χ3n) is 4.79. The number of sulfonamides is 1. The van der Waals surface area contributed by atoms with Gasteiger partial charge in [-0.2, -0.15) is 0 Å². The fourth-order valence-electron chi connectivity index (χ4n) is 2.95. The molecule has 30 heavy (non-hydrogen) atoms. The van der Waals surface area contributed by atoms with Gasteiger partial charge in [0, 0.05) is 32.2 Å². The van der Waals surface area contributed by atoms with Crippen LogP contribution in [0.25, 0.3) is 0 Å². The number of ether oxygens (including phenoxy) is 1. The number of nitrogens with zero attached hydrogens (tertiary/aromatic N) is 1. The van der Waals surface area contributed by atoms with E-state index in [0.29, 0.717) is 31.5 Å². The van der Waals surface area contributed by atoms with Gasteiger partial charge in [-0.15, -0.1) is 24.0 Å². The molecule has 3 N–H and O–H groups in total. The van der Waals surface area contributed by atoms with Gasteiger partial charge in [-0.1, -0.05) is 18.6 Å². The molecule has 0 spiro atoms. The van der Waals surface area contributed by atoms with E-state index in [4.69, 9.17) is 4.74 Å². The molecular formula is C21H37IN4O3S. The van der Waals surface area contributed by atoms with Gasteiger partial charge in [-0.3, -0.25) is 4.99 Å². The van der Waals surface area contributed by atoms with Crippen molar-refractivity contribution >= 4 is 40.0 Å². The predicted octanol–water partition coefficient (Wildman–Crippen LogP) is 3.17. The minimum Gasteiger partial charge on any atom is -0.488 e. The van der Waals surface area contributed by atoms with Gasteiger partial charge in [0.2, 0.25) is 10.0 Å². The van der Waals surface area contributed by atoms with Crippen molar-refractivity contribution in [2.75, 3.05) is 25.9 Å². The van der Waals surface area contributed by atoms with Crippen LogP contribution >= 0.6 is 24.0 Å². The topological polar surface area (TPSA) is 91.8 Å². The van der Waals surface area contributed by atoms with Crippen LogP contribution in [0.15, 0.2) is 23.2 Å². The molecule has 9 heteroatoms. The molecule has 0 amide bonds. The van der Waals surface area contributed by atoms with Gasteiger partial charge in [-0.25, -0.2) is 13.1 Å². The molecule has 1 aliphatic carbocycles. The Hall–Kier alpha value is -1.07. The van der Waals surface area contributed by atoms with Crippen LogP contribution in [0.2, 0.25) is 0 Å². The number of hydrogen-bond acceptors (Lipinski definition) is 4. The standard InChI is InChI=1S/C21H36N4O3S.HI/c1-16-9-10-18(19(13-16)28-21(2,3)4)15-24-20(22-5)23-11-12-29(26,27)25-14-17-7-6-8-17;/h9-10,13,17,25H,6-8,11-12,14-15H2,1-5H3,(H2,22,23,24);1H. The van der Waals surface area contributed by atoms with E-state index in [-0.39, 0.29) is 35.3 Å². The third kappa shape index (κ3) is 9.82. The van der Waals surface area contributed by atoms with Gasteiger partial charge in [-0.05, 0) is 58.1 Å². The van der Waals surface area contributed by atoms with E-state index in [1.807, 2.05) is 45.9 Å². The van der Waals surface area contributed by atoms with Crippen molar-refractivity contribution in [2.24, 2.45) is 10.9 Å². The van der Waals surface area contributed by atoms with Crippen LogP contribution in [0.4, 0.5) is 0 Å². The summed E-state index contributed by atoms with van der Waals surface area (Å²) in [6, 6.07) is 6.10. The van der Waals surface area contributed by atoms with E-state index >= 15 is 0 Å². The van der Waals surface area contributed by atoms with E-state index in [1.165, 1.54) is 6.42 Å². The van der Waals surface area contributed by atoms with Crippen LogP contribution in [0.1, 0.15) is 51.2 Å². The first-order chi connectivity index (χ1) is 13.6. The predicted molar refractivity (Wildman–Crippen MR) is 134 cm³/mol. The van der Waals surface area contributed by atoms with E-state index in [2.05, 4.69) is 20.3 Å². The molecule has 0 saturated heterocycles. The first-order valence-corrected chi connectivity index (χ1v) is 11.9. The van der Waals surface area contributed by atoms with Crippen LogP contribution in [0.5, 0.6) is 5.75 Å². The normalized spacial score (nSPS) is 15.2. The monoisotopic (exact) mass is 552 g/mol. The Labute approximate surface area is 198 Å². The van der Waals surface area contributed by atoms with Crippen molar-refractivity contribution in [2.45, 2.75) is 59.1 Å². The van der Waals surface area contributed by atoms with Gasteiger partial charge in [0.25, 0.3) is 0 Å². The Balaban J connectivity index is 0.00000450. The van der Waals surface area contributed by atoms with Gasteiger partial charge < -0.3 is 15.4 Å². The van der Waals surface area contributed by atoms with Crippen molar-refractivity contribution in [3.05, 3.63) is 29.3 Å². The molecule has 0 aromatic heterocycles. The number of aliphatic imine (C=N–C) groups is 1. The number of rotatable bonds is 9. The summed E-state index contributed by atoms with van der Waals surface area (Å²) in [7, 11) is -1.60. The highest BCUT2D eigenvalue weighted by atomic mass is 127. The van der Waals surface area contributed by atoms with Gasteiger partial charge >= 0.3 is 0 Å². The largest absolute Gasteiger partial charge is 0.488 e. The van der Waals surface area contributed by atoms with Crippen LogP contribution in [-0.2, 0) is 16.6 Å². The van der Waals surface area contributed by atoms with Crippen molar-refractivity contribution in [1.82, 2.24) is 15.4 Å². The maximum absolute atomic E-state index is 12.1. The van der Waals surface area contributed by atoms with E-state index in [9.17, 15) is 8.42 Å². The van der Waals surface area contributed by atoms with E-state index in [1.54, 1.807) is 7.05 Å². The molecule has 1 aromatic rings. The summed E-state index contributed by atoms with van der Waals surface area (Å²) >= 11 is 0. The Morgan fingerprint density at radius 3 is 2.50 bits per heavy atom. The number of benzene rings is 1. The average Bonchev–Trinajstić information content (AvgIpc) is 2.56. The highest BCUT2D eigenvalue weighted by Crippen LogP contribution is 2.25. The Bertz CT molecular complexity index is 803. The van der Waals surface area contributed by atoms with Crippen molar-refractivity contribution in [3.63, 3.8) is 0 Å². The molecule has 1 fully saturated rings. The summed E-state index contributed by atoms with van der Waals surface area (Å²) in [5, 5.41) is 6.30. The van der Waals surface area contributed by atoms with E-state index < -0.39 is 10.0 Å². The summed E-state index contributed by atoms with van der Waals surface area (Å²) in [6.07, 6.45) is 3.45. The average molecular weight is 553 g/mol. The first kappa shape index (κ1) is 27.0. The molecule has 1 saturated carbocycles. The zero-order valence-electron chi connectivity index (χ0n) is 18.7. The number of guanidine groups is 1. The maximum atomic E-state index is 12.1. The van der Waals surface area contributed by atoms with Crippen molar-refractivity contribution < 1.29 is 13.2 Å². The molecular weight excluding hydrogens is 515 g/mol. The molecule has 1 aromatic carbocycles. The fraction of sp³-hybridized carbons (Fsp3) is 0.667. The summed E-state index contributed by atoms with van der Waals surface area (Å²) in [5.74, 6) is 1.92. The highest BCUT2D eigenvalue weighted by Gasteiger charge is 2.20. The lowest BCUT2D eigenvalue weighted by Gasteiger charge is -2.25.